The van der Waals surface area contributed by atoms with Gasteiger partial charge in [0.1, 0.15) is 0 Å². The fourth-order valence-corrected chi connectivity index (χ4v) is 3.70. The van der Waals surface area contributed by atoms with Gasteiger partial charge in [0.2, 0.25) is 11.8 Å². The van der Waals surface area contributed by atoms with Crippen molar-refractivity contribution in [1.82, 2.24) is 4.90 Å². The minimum Gasteiger partial charge on any atom is -0.376 e. The van der Waals surface area contributed by atoms with Crippen LogP contribution in [0.4, 0.5) is 0 Å². The maximum atomic E-state index is 12.3. The number of nitrogens with zero attached hydrogens (tertiary/aromatic N) is 1. The standard InChI is InChI=1S/C19H25NO3/c1-14-13-18(21)20(19(14)22)16-9-5-6-10-17(16)23-12-11-15-7-3-2-4-8-15/h2-4,7-8,14,16-17H,5-6,9-13H2,1H3/t14?,16-,17+/m1/s1. The molecule has 1 aromatic rings. The highest BCUT2D eigenvalue weighted by molar-refractivity contribution is 6.03. The summed E-state index contributed by atoms with van der Waals surface area (Å²) in [5.74, 6) is -0.209. The Morgan fingerprint density at radius 1 is 1.13 bits per heavy atom. The maximum absolute atomic E-state index is 12.3. The summed E-state index contributed by atoms with van der Waals surface area (Å²) in [5, 5.41) is 0. The summed E-state index contributed by atoms with van der Waals surface area (Å²) in [4.78, 5) is 26.0. The van der Waals surface area contributed by atoms with E-state index in [2.05, 4.69) is 12.1 Å². The van der Waals surface area contributed by atoms with Gasteiger partial charge in [0.05, 0.1) is 18.8 Å². The van der Waals surface area contributed by atoms with E-state index in [9.17, 15) is 9.59 Å². The fourth-order valence-electron chi connectivity index (χ4n) is 3.70. The van der Waals surface area contributed by atoms with Gasteiger partial charge in [-0.2, -0.15) is 0 Å². The van der Waals surface area contributed by atoms with E-state index in [1.807, 2.05) is 25.1 Å². The van der Waals surface area contributed by atoms with Crippen LogP contribution in [0, 0.1) is 5.92 Å². The lowest BCUT2D eigenvalue weighted by molar-refractivity contribution is -0.147. The molecule has 0 bridgehead atoms. The largest absolute Gasteiger partial charge is 0.376 e. The number of ether oxygens (including phenoxy) is 1. The van der Waals surface area contributed by atoms with Crippen LogP contribution < -0.4 is 0 Å². The molecule has 1 aliphatic carbocycles. The molecule has 0 aromatic heterocycles. The molecule has 1 saturated carbocycles. The molecule has 1 aliphatic heterocycles. The van der Waals surface area contributed by atoms with Gasteiger partial charge in [-0.05, 0) is 24.8 Å². The lowest BCUT2D eigenvalue weighted by Gasteiger charge is -2.36. The number of hydrogen-bond acceptors (Lipinski definition) is 3. The Morgan fingerprint density at radius 3 is 2.57 bits per heavy atom. The molecule has 1 unspecified atom stereocenters. The Balaban J connectivity index is 1.60. The van der Waals surface area contributed by atoms with Crippen LogP contribution in [0.2, 0.25) is 0 Å². The number of imide groups is 1. The van der Waals surface area contributed by atoms with E-state index in [0.29, 0.717) is 13.0 Å². The molecule has 4 heteroatoms. The number of rotatable bonds is 5. The van der Waals surface area contributed by atoms with E-state index >= 15 is 0 Å². The molecule has 0 radical (unpaired) electrons. The van der Waals surface area contributed by atoms with Crippen molar-refractivity contribution >= 4 is 11.8 Å². The summed E-state index contributed by atoms with van der Waals surface area (Å²) >= 11 is 0. The van der Waals surface area contributed by atoms with Gasteiger partial charge in [0.15, 0.2) is 0 Å². The summed E-state index contributed by atoms with van der Waals surface area (Å²) in [5.41, 5.74) is 1.25. The first-order valence-corrected chi connectivity index (χ1v) is 8.68. The van der Waals surface area contributed by atoms with Gasteiger partial charge in [-0.15, -0.1) is 0 Å². The fraction of sp³-hybridized carbons (Fsp3) is 0.579. The number of hydrogen-bond donors (Lipinski definition) is 0. The van der Waals surface area contributed by atoms with Gasteiger partial charge >= 0.3 is 0 Å². The van der Waals surface area contributed by atoms with Gasteiger partial charge < -0.3 is 4.74 Å². The van der Waals surface area contributed by atoms with Crippen molar-refractivity contribution in [3.8, 4) is 0 Å². The Bertz CT molecular complexity index is 557. The number of carbonyl (C=O) groups excluding carboxylic acids is 2. The zero-order valence-electron chi connectivity index (χ0n) is 13.7. The minimum absolute atomic E-state index is 0.00865. The molecular weight excluding hydrogens is 290 g/mol. The summed E-state index contributed by atoms with van der Waals surface area (Å²) in [6, 6.07) is 10.2. The normalized spacial score (nSPS) is 28.4. The first kappa shape index (κ1) is 16.2. The van der Waals surface area contributed by atoms with Gasteiger partial charge in [0.25, 0.3) is 0 Å². The highest BCUT2D eigenvalue weighted by atomic mass is 16.5. The quantitative estimate of drug-likeness (QED) is 0.785. The van der Waals surface area contributed by atoms with E-state index in [0.717, 1.165) is 32.1 Å². The minimum atomic E-state index is -0.172. The van der Waals surface area contributed by atoms with Crippen molar-refractivity contribution in [2.75, 3.05) is 6.61 Å². The number of carbonyl (C=O) groups is 2. The van der Waals surface area contributed by atoms with E-state index in [1.165, 1.54) is 10.5 Å². The van der Waals surface area contributed by atoms with Crippen LogP contribution >= 0.6 is 0 Å². The van der Waals surface area contributed by atoms with E-state index in [-0.39, 0.29) is 29.9 Å². The second-order valence-electron chi connectivity index (χ2n) is 6.70. The summed E-state index contributed by atoms with van der Waals surface area (Å²) in [6.07, 6.45) is 5.19. The Hall–Kier alpha value is -1.68. The lowest BCUT2D eigenvalue weighted by Crippen LogP contribution is -2.49. The summed E-state index contributed by atoms with van der Waals surface area (Å²) in [7, 11) is 0. The van der Waals surface area contributed by atoms with Crippen LogP contribution in [0.5, 0.6) is 0 Å². The Kier molecular flexibility index (Phi) is 5.11. The third-order valence-corrected chi connectivity index (χ3v) is 4.97. The van der Waals surface area contributed by atoms with Gasteiger partial charge in [-0.3, -0.25) is 14.5 Å². The predicted octanol–water partition coefficient (Wildman–Crippen LogP) is 2.95. The van der Waals surface area contributed by atoms with Crippen LogP contribution in [0.3, 0.4) is 0 Å². The molecule has 3 atom stereocenters. The van der Waals surface area contributed by atoms with Crippen LogP contribution in [0.1, 0.15) is 44.6 Å². The van der Waals surface area contributed by atoms with Gasteiger partial charge in [-0.25, -0.2) is 0 Å². The highest BCUT2D eigenvalue weighted by Crippen LogP contribution is 2.31. The Morgan fingerprint density at radius 2 is 1.87 bits per heavy atom. The maximum Gasteiger partial charge on any atom is 0.232 e. The molecule has 0 spiro atoms. The second-order valence-corrected chi connectivity index (χ2v) is 6.70. The first-order chi connectivity index (χ1) is 11.2. The first-order valence-electron chi connectivity index (χ1n) is 8.68. The van der Waals surface area contributed by atoms with Crippen molar-refractivity contribution in [3.63, 3.8) is 0 Å². The second kappa shape index (κ2) is 7.26. The summed E-state index contributed by atoms with van der Waals surface area (Å²) < 4.78 is 6.10. The van der Waals surface area contributed by atoms with Gasteiger partial charge in [0, 0.05) is 12.3 Å². The molecule has 3 rings (SSSR count). The van der Waals surface area contributed by atoms with Crippen LogP contribution in [0.25, 0.3) is 0 Å². The molecule has 2 aliphatic rings. The average molecular weight is 315 g/mol. The summed E-state index contributed by atoms with van der Waals surface area (Å²) in [6.45, 7) is 2.48. The topological polar surface area (TPSA) is 46.6 Å². The third-order valence-electron chi connectivity index (χ3n) is 4.97. The van der Waals surface area contributed by atoms with Crippen molar-refractivity contribution in [2.24, 2.45) is 5.92 Å². The van der Waals surface area contributed by atoms with Crippen LogP contribution in [0.15, 0.2) is 30.3 Å². The van der Waals surface area contributed by atoms with Gasteiger partial charge in [-0.1, -0.05) is 50.1 Å². The van der Waals surface area contributed by atoms with E-state index < -0.39 is 0 Å². The van der Waals surface area contributed by atoms with Crippen molar-refractivity contribution < 1.29 is 14.3 Å². The molecular formula is C19H25NO3. The average Bonchev–Trinajstić information content (AvgIpc) is 2.82. The molecule has 0 N–H and O–H groups in total. The molecule has 4 nitrogen and oxygen atoms in total. The molecule has 2 fully saturated rings. The van der Waals surface area contributed by atoms with Crippen molar-refractivity contribution in [2.45, 2.75) is 57.6 Å². The molecule has 1 saturated heterocycles. The monoisotopic (exact) mass is 315 g/mol. The SMILES string of the molecule is CC1CC(=O)N([C@@H]2CCCC[C@@H]2OCCc2ccccc2)C1=O. The number of amides is 2. The molecule has 1 aromatic carbocycles. The Labute approximate surface area is 137 Å². The number of likely N-dealkylation sites (tertiary alicyclic amines) is 1. The predicted molar refractivity (Wildman–Crippen MR) is 87.8 cm³/mol. The molecule has 124 valence electrons. The highest BCUT2D eigenvalue weighted by Gasteiger charge is 2.43. The number of benzene rings is 1. The molecule has 23 heavy (non-hydrogen) atoms. The third kappa shape index (κ3) is 3.63. The smallest absolute Gasteiger partial charge is 0.232 e. The van der Waals surface area contributed by atoms with Crippen LogP contribution in [-0.4, -0.2) is 35.5 Å². The van der Waals surface area contributed by atoms with E-state index in [4.69, 9.17) is 4.74 Å². The van der Waals surface area contributed by atoms with E-state index in [1.54, 1.807) is 0 Å². The van der Waals surface area contributed by atoms with Crippen molar-refractivity contribution in [3.05, 3.63) is 35.9 Å². The van der Waals surface area contributed by atoms with Crippen LogP contribution in [-0.2, 0) is 20.7 Å². The molecule has 2 amide bonds. The zero-order valence-corrected chi connectivity index (χ0v) is 13.7. The lowest BCUT2D eigenvalue weighted by atomic mass is 9.91. The van der Waals surface area contributed by atoms with Crippen molar-refractivity contribution in [1.29, 1.82) is 0 Å². The molecule has 1 heterocycles. The zero-order chi connectivity index (χ0) is 16.2.